The minimum atomic E-state index is -4.66. The van der Waals surface area contributed by atoms with Gasteiger partial charge in [0.05, 0.1) is 11.3 Å². The van der Waals surface area contributed by atoms with Crippen LogP contribution in [-0.4, -0.2) is 25.8 Å². The number of halogens is 3. The van der Waals surface area contributed by atoms with E-state index in [0.717, 1.165) is 16.4 Å². The van der Waals surface area contributed by atoms with Crippen molar-refractivity contribution < 1.29 is 21.6 Å². The molecule has 5 nitrogen and oxygen atoms in total. The number of hydrogen-bond donors (Lipinski definition) is 2. The van der Waals surface area contributed by atoms with E-state index in [1.54, 1.807) is 0 Å². The van der Waals surface area contributed by atoms with Crippen LogP contribution in [-0.2, 0) is 22.9 Å². The molecule has 0 amide bonds. The van der Waals surface area contributed by atoms with Crippen LogP contribution in [0, 0.1) is 0 Å². The number of hydrogen-bond acceptors (Lipinski definition) is 3. The number of nitrogens with one attached hydrogen (secondary N) is 1. The van der Waals surface area contributed by atoms with Crippen LogP contribution < -0.4 is 10.5 Å². The Morgan fingerprint density at radius 1 is 1.24 bits per heavy atom. The van der Waals surface area contributed by atoms with Crippen LogP contribution in [0.25, 0.3) is 0 Å². The van der Waals surface area contributed by atoms with Gasteiger partial charge >= 0.3 is 16.4 Å². The van der Waals surface area contributed by atoms with Gasteiger partial charge in [-0.3, -0.25) is 4.72 Å². The van der Waals surface area contributed by atoms with E-state index in [9.17, 15) is 21.6 Å². The first-order valence-electron chi connectivity index (χ1n) is 6.42. The third kappa shape index (κ3) is 3.66. The van der Waals surface area contributed by atoms with Gasteiger partial charge in [0.15, 0.2) is 0 Å². The van der Waals surface area contributed by atoms with Crippen LogP contribution in [0.15, 0.2) is 18.2 Å². The van der Waals surface area contributed by atoms with Gasteiger partial charge in [0.1, 0.15) is 0 Å². The molecule has 0 aromatic heterocycles. The van der Waals surface area contributed by atoms with E-state index in [0.29, 0.717) is 25.9 Å². The van der Waals surface area contributed by atoms with Crippen molar-refractivity contribution in [2.75, 3.05) is 17.8 Å². The lowest BCUT2D eigenvalue weighted by Crippen LogP contribution is -2.34. The molecule has 1 aromatic rings. The van der Waals surface area contributed by atoms with Crippen LogP contribution in [0.2, 0.25) is 0 Å². The number of alkyl halides is 3. The maximum atomic E-state index is 13.0. The molecule has 0 atom stereocenters. The van der Waals surface area contributed by atoms with Gasteiger partial charge in [-0.25, -0.2) is 0 Å². The van der Waals surface area contributed by atoms with E-state index in [1.165, 1.54) is 6.07 Å². The third-order valence-corrected chi connectivity index (χ3v) is 4.79. The maximum Gasteiger partial charge on any atom is 0.418 e. The molecule has 118 valence electrons. The van der Waals surface area contributed by atoms with Gasteiger partial charge in [-0.2, -0.15) is 25.9 Å². The van der Waals surface area contributed by atoms with Gasteiger partial charge in [0, 0.05) is 19.6 Å². The van der Waals surface area contributed by atoms with Gasteiger partial charge in [0.25, 0.3) is 0 Å². The fourth-order valence-electron chi connectivity index (χ4n) is 2.17. The molecule has 0 unspecified atom stereocenters. The molecule has 21 heavy (non-hydrogen) atoms. The standard InChI is InChI=1S/C12H16F3N3O2S/c13-12(14,15)10-7-9(8-16)3-4-11(10)17-21(19,20)18-5-1-2-6-18/h3-4,7,17H,1-2,5-6,8,16H2. The number of benzene rings is 1. The number of anilines is 1. The molecular formula is C12H16F3N3O2S. The van der Waals surface area contributed by atoms with Crippen molar-refractivity contribution >= 4 is 15.9 Å². The molecule has 1 heterocycles. The van der Waals surface area contributed by atoms with Gasteiger partial charge in [-0.05, 0) is 30.5 Å². The quantitative estimate of drug-likeness (QED) is 0.889. The highest BCUT2D eigenvalue weighted by Gasteiger charge is 2.35. The number of nitrogens with zero attached hydrogens (tertiary/aromatic N) is 1. The van der Waals surface area contributed by atoms with Crippen LogP contribution in [0.5, 0.6) is 0 Å². The Hall–Kier alpha value is -1.32. The lowest BCUT2D eigenvalue weighted by molar-refractivity contribution is -0.136. The predicted octanol–water partition coefficient (Wildman–Crippen LogP) is 1.92. The zero-order valence-corrected chi connectivity index (χ0v) is 12.0. The van der Waals surface area contributed by atoms with E-state index in [-0.39, 0.29) is 12.1 Å². The minimum absolute atomic E-state index is 0.0533. The first-order valence-corrected chi connectivity index (χ1v) is 7.86. The monoisotopic (exact) mass is 323 g/mol. The summed E-state index contributed by atoms with van der Waals surface area (Å²) in [4.78, 5) is 0. The van der Waals surface area contributed by atoms with Crippen molar-refractivity contribution in [2.24, 2.45) is 5.73 Å². The molecule has 0 spiro atoms. The van der Waals surface area contributed by atoms with Crippen LogP contribution in [0.3, 0.4) is 0 Å². The van der Waals surface area contributed by atoms with Crippen molar-refractivity contribution in [1.29, 1.82) is 0 Å². The summed E-state index contributed by atoms with van der Waals surface area (Å²) in [6, 6.07) is 3.33. The lowest BCUT2D eigenvalue weighted by Gasteiger charge is -2.20. The molecule has 0 saturated carbocycles. The van der Waals surface area contributed by atoms with E-state index in [2.05, 4.69) is 0 Å². The molecule has 3 N–H and O–H groups in total. The molecule has 1 saturated heterocycles. The summed E-state index contributed by atoms with van der Waals surface area (Å²) in [7, 11) is -3.96. The second-order valence-electron chi connectivity index (χ2n) is 4.80. The van der Waals surface area contributed by atoms with E-state index in [4.69, 9.17) is 5.73 Å². The highest BCUT2D eigenvalue weighted by Crippen LogP contribution is 2.36. The first kappa shape index (κ1) is 16.1. The average molecular weight is 323 g/mol. The zero-order chi connectivity index (χ0) is 15.7. The molecule has 1 aliphatic heterocycles. The molecule has 0 bridgehead atoms. The Morgan fingerprint density at radius 2 is 1.86 bits per heavy atom. The third-order valence-electron chi connectivity index (χ3n) is 3.27. The second kappa shape index (κ2) is 5.82. The molecule has 9 heteroatoms. The summed E-state index contributed by atoms with van der Waals surface area (Å²) in [5.41, 5.74) is 4.09. The Labute approximate surface area is 121 Å². The SMILES string of the molecule is NCc1ccc(NS(=O)(=O)N2CCCC2)c(C(F)(F)F)c1. The Morgan fingerprint density at radius 3 is 2.38 bits per heavy atom. The van der Waals surface area contributed by atoms with Gasteiger partial charge < -0.3 is 5.73 Å². The van der Waals surface area contributed by atoms with Crippen molar-refractivity contribution in [1.82, 2.24) is 4.31 Å². The molecule has 1 fully saturated rings. The molecule has 0 radical (unpaired) electrons. The Balaban J connectivity index is 2.35. The molecule has 1 aliphatic rings. The smallest absolute Gasteiger partial charge is 0.326 e. The zero-order valence-electron chi connectivity index (χ0n) is 11.2. The maximum absolute atomic E-state index is 13.0. The fourth-order valence-corrected chi connectivity index (χ4v) is 3.50. The van der Waals surface area contributed by atoms with Crippen molar-refractivity contribution in [3.8, 4) is 0 Å². The topological polar surface area (TPSA) is 75.4 Å². The summed E-state index contributed by atoms with van der Waals surface area (Å²) >= 11 is 0. The molecular weight excluding hydrogens is 307 g/mol. The largest absolute Gasteiger partial charge is 0.418 e. The number of rotatable bonds is 4. The minimum Gasteiger partial charge on any atom is -0.326 e. The highest BCUT2D eigenvalue weighted by molar-refractivity contribution is 7.90. The van der Waals surface area contributed by atoms with Gasteiger partial charge in [-0.15, -0.1) is 0 Å². The summed E-state index contributed by atoms with van der Waals surface area (Å²) in [6.45, 7) is 0.581. The summed E-state index contributed by atoms with van der Waals surface area (Å²) in [5.74, 6) is 0. The second-order valence-corrected chi connectivity index (χ2v) is 6.47. The van der Waals surface area contributed by atoms with Crippen molar-refractivity contribution in [3.05, 3.63) is 29.3 Å². The highest BCUT2D eigenvalue weighted by atomic mass is 32.2. The van der Waals surface area contributed by atoms with Crippen LogP contribution in [0.1, 0.15) is 24.0 Å². The normalized spacial score (nSPS) is 17.1. The van der Waals surface area contributed by atoms with Gasteiger partial charge in [0.2, 0.25) is 0 Å². The van der Waals surface area contributed by atoms with Crippen LogP contribution >= 0.6 is 0 Å². The number of nitrogens with two attached hydrogens (primary N) is 1. The fraction of sp³-hybridized carbons (Fsp3) is 0.500. The molecule has 2 rings (SSSR count). The summed E-state index contributed by atoms with van der Waals surface area (Å²) < 4.78 is 66.4. The lowest BCUT2D eigenvalue weighted by atomic mass is 10.1. The molecule has 1 aromatic carbocycles. The summed E-state index contributed by atoms with van der Waals surface area (Å²) in [6.07, 6.45) is -3.24. The Bertz CT molecular complexity index is 611. The average Bonchev–Trinajstić information content (AvgIpc) is 2.92. The summed E-state index contributed by atoms with van der Waals surface area (Å²) in [5, 5.41) is 0. The van der Waals surface area contributed by atoms with Gasteiger partial charge in [-0.1, -0.05) is 6.07 Å². The Kier molecular flexibility index (Phi) is 4.45. The molecule has 0 aliphatic carbocycles. The van der Waals surface area contributed by atoms with Crippen molar-refractivity contribution in [2.45, 2.75) is 25.6 Å². The first-order chi connectivity index (χ1) is 9.74. The predicted molar refractivity (Wildman–Crippen MR) is 72.7 cm³/mol. The van der Waals surface area contributed by atoms with E-state index >= 15 is 0 Å². The van der Waals surface area contributed by atoms with E-state index in [1.807, 2.05) is 4.72 Å². The van der Waals surface area contributed by atoms with E-state index < -0.39 is 27.6 Å². The van der Waals surface area contributed by atoms with Crippen molar-refractivity contribution in [3.63, 3.8) is 0 Å². The van der Waals surface area contributed by atoms with Crippen LogP contribution in [0.4, 0.5) is 18.9 Å².